The molecule has 1 aliphatic carbocycles. The maximum atomic E-state index is 9.28. The van der Waals surface area contributed by atoms with Crippen molar-refractivity contribution in [3.63, 3.8) is 0 Å². The molecule has 0 aliphatic heterocycles. The summed E-state index contributed by atoms with van der Waals surface area (Å²) < 4.78 is 1.82. The van der Waals surface area contributed by atoms with Gasteiger partial charge in [0.15, 0.2) is 0 Å². The number of rotatable bonds is 3. The fraction of sp³-hybridized carbons (Fsp3) is 0.700. The molecule has 2 rings (SSSR count). The molecule has 0 spiro atoms. The van der Waals surface area contributed by atoms with E-state index in [1.165, 1.54) is 24.8 Å². The molecule has 0 radical (unpaired) electrons. The van der Waals surface area contributed by atoms with E-state index in [0.29, 0.717) is 6.61 Å². The summed E-state index contributed by atoms with van der Waals surface area (Å²) >= 11 is 0. The SMILES string of the molecule is Cn1cc(CC2(CO)CCC2)cn1. The van der Waals surface area contributed by atoms with Crippen molar-refractivity contribution in [3.8, 4) is 0 Å². The van der Waals surface area contributed by atoms with Gasteiger partial charge in [0.05, 0.1) is 6.20 Å². The zero-order chi connectivity index (χ0) is 9.31. The molecule has 1 N–H and O–H groups in total. The zero-order valence-electron chi connectivity index (χ0n) is 8.03. The standard InChI is InChI=1S/C10H16N2O/c1-12-7-9(6-11-12)5-10(8-13)3-2-4-10/h6-7,13H,2-5,8H2,1H3. The smallest absolute Gasteiger partial charge is 0.0521 e. The minimum Gasteiger partial charge on any atom is -0.396 e. The first-order chi connectivity index (χ1) is 6.24. The van der Waals surface area contributed by atoms with Crippen molar-refractivity contribution in [2.75, 3.05) is 6.61 Å². The van der Waals surface area contributed by atoms with E-state index >= 15 is 0 Å². The van der Waals surface area contributed by atoms with Gasteiger partial charge in [-0.15, -0.1) is 0 Å². The molecule has 0 bridgehead atoms. The lowest BCUT2D eigenvalue weighted by molar-refractivity contribution is 0.0450. The normalized spacial score (nSPS) is 19.8. The Kier molecular flexibility index (Phi) is 2.12. The van der Waals surface area contributed by atoms with Crippen molar-refractivity contribution in [3.05, 3.63) is 18.0 Å². The minimum atomic E-state index is 0.184. The van der Waals surface area contributed by atoms with Gasteiger partial charge < -0.3 is 5.11 Å². The third-order valence-corrected chi connectivity index (χ3v) is 3.09. The molecule has 1 aromatic heterocycles. The second-order valence-corrected chi connectivity index (χ2v) is 4.21. The number of aliphatic hydroxyl groups excluding tert-OH is 1. The maximum Gasteiger partial charge on any atom is 0.0521 e. The number of hydrogen-bond acceptors (Lipinski definition) is 2. The molecule has 1 saturated carbocycles. The van der Waals surface area contributed by atoms with Crippen molar-refractivity contribution in [1.82, 2.24) is 9.78 Å². The largest absolute Gasteiger partial charge is 0.396 e. The first-order valence-corrected chi connectivity index (χ1v) is 4.82. The molecule has 0 amide bonds. The zero-order valence-corrected chi connectivity index (χ0v) is 8.03. The predicted octanol–water partition coefficient (Wildman–Crippen LogP) is 1.13. The summed E-state index contributed by atoms with van der Waals surface area (Å²) in [5, 5.41) is 13.4. The van der Waals surface area contributed by atoms with Crippen molar-refractivity contribution in [2.45, 2.75) is 25.7 Å². The Morgan fingerprint density at radius 3 is 2.77 bits per heavy atom. The Morgan fingerprint density at radius 2 is 2.38 bits per heavy atom. The second-order valence-electron chi connectivity index (χ2n) is 4.21. The molecule has 3 heteroatoms. The number of hydrogen-bond donors (Lipinski definition) is 1. The van der Waals surface area contributed by atoms with E-state index in [1.807, 2.05) is 24.1 Å². The topological polar surface area (TPSA) is 38.0 Å². The van der Waals surface area contributed by atoms with Gasteiger partial charge in [0.2, 0.25) is 0 Å². The summed E-state index contributed by atoms with van der Waals surface area (Å²) in [6.45, 7) is 0.321. The summed E-state index contributed by atoms with van der Waals surface area (Å²) in [6.07, 6.45) is 8.51. The van der Waals surface area contributed by atoms with Gasteiger partial charge in [0.25, 0.3) is 0 Å². The molecule has 0 saturated heterocycles. The van der Waals surface area contributed by atoms with Gasteiger partial charge in [-0.25, -0.2) is 0 Å². The van der Waals surface area contributed by atoms with Crippen LogP contribution in [0.4, 0.5) is 0 Å². The Bertz CT molecular complexity index is 283. The van der Waals surface area contributed by atoms with Gasteiger partial charge in [-0.3, -0.25) is 4.68 Å². The Morgan fingerprint density at radius 1 is 1.62 bits per heavy atom. The highest BCUT2D eigenvalue weighted by atomic mass is 16.3. The van der Waals surface area contributed by atoms with Crippen molar-refractivity contribution in [2.24, 2.45) is 12.5 Å². The number of aliphatic hydroxyl groups is 1. The summed E-state index contributed by atoms with van der Waals surface area (Å²) in [5.41, 5.74) is 1.43. The summed E-state index contributed by atoms with van der Waals surface area (Å²) in [4.78, 5) is 0. The molecule has 1 heterocycles. The predicted molar refractivity (Wildman–Crippen MR) is 50.3 cm³/mol. The molecule has 72 valence electrons. The van der Waals surface area contributed by atoms with Crippen LogP contribution in [0, 0.1) is 5.41 Å². The second kappa shape index (κ2) is 3.14. The van der Waals surface area contributed by atoms with Crippen LogP contribution >= 0.6 is 0 Å². The molecule has 0 atom stereocenters. The average Bonchev–Trinajstić information content (AvgIpc) is 2.44. The fourth-order valence-corrected chi connectivity index (χ4v) is 2.06. The van der Waals surface area contributed by atoms with E-state index in [4.69, 9.17) is 0 Å². The van der Waals surface area contributed by atoms with Crippen LogP contribution in [0.3, 0.4) is 0 Å². The molecule has 1 fully saturated rings. The van der Waals surface area contributed by atoms with Gasteiger partial charge >= 0.3 is 0 Å². The van der Waals surface area contributed by atoms with Gasteiger partial charge in [-0.2, -0.15) is 5.10 Å². The van der Waals surface area contributed by atoms with E-state index in [0.717, 1.165) is 6.42 Å². The molecular formula is C10H16N2O. The van der Waals surface area contributed by atoms with Crippen LogP contribution in [0.1, 0.15) is 24.8 Å². The highest BCUT2D eigenvalue weighted by Gasteiger charge is 2.36. The van der Waals surface area contributed by atoms with Crippen LogP contribution < -0.4 is 0 Å². The van der Waals surface area contributed by atoms with Crippen LogP contribution in [0.15, 0.2) is 12.4 Å². The fourth-order valence-electron chi connectivity index (χ4n) is 2.06. The average molecular weight is 180 g/mol. The highest BCUT2D eigenvalue weighted by molar-refractivity contribution is 5.09. The summed E-state index contributed by atoms with van der Waals surface area (Å²) in [6, 6.07) is 0. The first kappa shape index (κ1) is 8.75. The molecule has 1 aromatic rings. The monoisotopic (exact) mass is 180 g/mol. The van der Waals surface area contributed by atoms with Crippen molar-refractivity contribution in [1.29, 1.82) is 0 Å². The van der Waals surface area contributed by atoms with Gasteiger partial charge in [0, 0.05) is 19.9 Å². The number of aromatic nitrogens is 2. The third-order valence-electron chi connectivity index (χ3n) is 3.09. The maximum absolute atomic E-state index is 9.28. The molecule has 3 nitrogen and oxygen atoms in total. The quantitative estimate of drug-likeness (QED) is 0.757. The minimum absolute atomic E-state index is 0.184. The van der Waals surface area contributed by atoms with Crippen LogP contribution in [0.25, 0.3) is 0 Å². The van der Waals surface area contributed by atoms with Crippen LogP contribution in [0.2, 0.25) is 0 Å². The van der Waals surface area contributed by atoms with Crippen molar-refractivity contribution >= 4 is 0 Å². The van der Waals surface area contributed by atoms with E-state index in [2.05, 4.69) is 5.10 Å². The molecule has 0 aromatic carbocycles. The molecule has 1 aliphatic rings. The highest BCUT2D eigenvalue weighted by Crippen LogP contribution is 2.42. The first-order valence-electron chi connectivity index (χ1n) is 4.82. The van der Waals surface area contributed by atoms with Gasteiger partial charge in [-0.05, 0) is 30.2 Å². The Labute approximate surface area is 78.4 Å². The van der Waals surface area contributed by atoms with Gasteiger partial charge in [0.1, 0.15) is 0 Å². The number of nitrogens with zero attached hydrogens (tertiary/aromatic N) is 2. The van der Waals surface area contributed by atoms with E-state index in [-0.39, 0.29) is 5.41 Å². The van der Waals surface area contributed by atoms with E-state index < -0.39 is 0 Å². The van der Waals surface area contributed by atoms with Gasteiger partial charge in [-0.1, -0.05) is 6.42 Å². The molecule has 0 unspecified atom stereocenters. The van der Waals surface area contributed by atoms with Crippen LogP contribution in [0.5, 0.6) is 0 Å². The Balaban J connectivity index is 2.04. The molecule has 13 heavy (non-hydrogen) atoms. The summed E-state index contributed by atoms with van der Waals surface area (Å²) in [5.74, 6) is 0. The lowest BCUT2D eigenvalue weighted by Gasteiger charge is -2.40. The third kappa shape index (κ3) is 1.61. The van der Waals surface area contributed by atoms with E-state index in [9.17, 15) is 5.11 Å². The molecular weight excluding hydrogens is 164 g/mol. The lowest BCUT2D eigenvalue weighted by atomic mass is 9.66. The van der Waals surface area contributed by atoms with Crippen LogP contribution in [-0.4, -0.2) is 21.5 Å². The summed E-state index contributed by atoms with van der Waals surface area (Å²) in [7, 11) is 1.93. The lowest BCUT2D eigenvalue weighted by Crippen LogP contribution is -2.35. The van der Waals surface area contributed by atoms with Crippen molar-refractivity contribution < 1.29 is 5.11 Å². The Hall–Kier alpha value is -0.830. The van der Waals surface area contributed by atoms with E-state index in [1.54, 1.807) is 0 Å². The number of aryl methyl sites for hydroxylation is 1. The van der Waals surface area contributed by atoms with Crippen LogP contribution in [-0.2, 0) is 13.5 Å².